The molecule has 2 aromatic heterocycles. The molecule has 1 amide bonds. The van der Waals surface area contributed by atoms with Gasteiger partial charge in [-0.25, -0.2) is 4.98 Å². The highest BCUT2D eigenvalue weighted by molar-refractivity contribution is 7.16. The normalized spacial score (nSPS) is 26.8. The van der Waals surface area contributed by atoms with Crippen molar-refractivity contribution in [2.45, 2.75) is 31.8 Å². The molecule has 1 aliphatic heterocycles. The van der Waals surface area contributed by atoms with E-state index in [9.17, 15) is 9.59 Å². The first-order valence-corrected chi connectivity index (χ1v) is 8.97. The topological polar surface area (TPSA) is 81.2 Å². The van der Waals surface area contributed by atoms with Crippen LogP contribution < -0.4 is 11.3 Å². The van der Waals surface area contributed by atoms with E-state index in [2.05, 4.69) is 4.98 Å². The maximum Gasteiger partial charge on any atom is 0.262 e. The van der Waals surface area contributed by atoms with Crippen molar-refractivity contribution in [1.29, 1.82) is 0 Å². The lowest BCUT2D eigenvalue weighted by molar-refractivity contribution is -0.130. The summed E-state index contributed by atoms with van der Waals surface area (Å²) in [7, 11) is 0. The third-order valence-corrected chi connectivity index (χ3v) is 6.10. The minimum Gasteiger partial charge on any atom is -0.342 e. The molecule has 1 aliphatic carbocycles. The van der Waals surface area contributed by atoms with Crippen molar-refractivity contribution >= 4 is 27.5 Å². The first-order valence-electron chi connectivity index (χ1n) is 8.09. The van der Waals surface area contributed by atoms with Crippen molar-refractivity contribution in [3.8, 4) is 0 Å². The summed E-state index contributed by atoms with van der Waals surface area (Å²) in [4.78, 5) is 31.7. The minimum atomic E-state index is -0.0654. The van der Waals surface area contributed by atoms with Gasteiger partial charge in [-0.15, -0.1) is 11.3 Å². The number of nitrogens with zero attached hydrogens (tertiary/aromatic N) is 3. The summed E-state index contributed by atoms with van der Waals surface area (Å²) < 4.78 is 1.54. The second-order valence-corrected chi connectivity index (χ2v) is 7.49. The number of amides is 1. The molecule has 0 radical (unpaired) electrons. The lowest BCUT2D eigenvalue weighted by Gasteiger charge is -2.19. The Bertz CT molecular complexity index is 799. The molecule has 23 heavy (non-hydrogen) atoms. The molecule has 0 aromatic carbocycles. The smallest absolute Gasteiger partial charge is 0.262 e. The van der Waals surface area contributed by atoms with E-state index in [1.807, 2.05) is 10.3 Å². The van der Waals surface area contributed by atoms with Crippen LogP contribution in [0, 0.1) is 11.8 Å². The van der Waals surface area contributed by atoms with E-state index in [0.717, 1.165) is 30.8 Å². The van der Waals surface area contributed by atoms with Crippen LogP contribution in [-0.4, -0.2) is 39.5 Å². The molecule has 1 saturated carbocycles. The summed E-state index contributed by atoms with van der Waals surface area (Å²) in [5, 5.41) is 2.49. The van der Waals surface area contributed by atoms with E-state index >= 15 is 0 Å². The molecule has 6 nitrogen and oxygen atoms in total. The van der Waals surface area contributed by atoms with Crippen LogP contribution in [0.25, 0.3) is 10.2 Å². The number of rotatable bonds is 3. The van der Waals surface area contributed by atoms with E-state index < -0.39 is 0 Å². The number of nitrogens with two attached hydrogens (primary N) is 1. The molecule has 2 N–H and O–H groups in total. The molecule has 2 fully saturated rings. The number of carbonyl (C=O) groups is 1. The fraction of sp³-hybridized carbons (Fsp3) is 0.562. The Morgan fingerprint density at radius 3 is 3.09 bits per heavy atom. The number of carbonyl (C=O) groups excluding carboxylic acids is 1. The summed E-state index contributed by atoms with van der Waals surface area (Å²) in [6.45, 7) is 1.99. The minimum absolute atomic E-state index is 0.0654. The maximum absolute atomic E-state index is 12.4. The number of aromatic nitrogens is 2. The largest absolute Gasteiger partial charge is 0.342 e. The van der Waals surface area contributed by atoms with Gasteiger partial charge in [-0.1, -0.05) is 0 Å². The van der Waals surface area contributed by atoms with Gasteiger partial charge in [-0.05, 0) is 36.1 Å². The highest BCUT2D eigenvalue weighted by atomic mass is 32.1. The average molecular weight is 332 g/mol. The quantitative estimate of drug-likeness (QED) is 0.911. The summed E-state index contributed by atoms with van der Waals surface area (Å²) in [6.07, 6.45) is 4.10. The SMILES string of the molecule is NC1CCC2CN(C(=O)CCn3cnc4sccc4c3=O)CC12. The first kappa shape index (κ1) is 14.8. The fourth-order valence-corrected chi connectivity index (χ4v) is 4.66. The molecule has 2 aliphatic rings. The van der Waals surface area contributed by atoms with Crippen LogP contribution in [0.1, 0.15) is 19.3 Å². The monoisotopic (exact) mass is 332 g/mol. The van der Waals surface area contributed by atoms with Crippen molar-refractivity contribution in [3.63, 3.8) is 0 Å². The maximum atomic E-state index is 12.4. The van der Waals surface area contributed by atoms with Crippen LogP contribution >= 0.6 is 11.3 Å². The fourth-order valence-electron chi connectivity index (χ4n) is 3.94. The van der Waals surface area contributed by atoms with Crippen LogP contribution in [0.2, 0.25) is 0 Å². The summed E-state index contributed by atoms with van der Waals surface area (Å²) in [6, 6.07) is 2.03. The highest BCUT2D eigenvalue weighted by Crippen LogP contribution is 2.37. The molecule has 2 aromatic rings. The van der Waals surface area contributed by atoms with Gasteiger partial charge in [0.05, 0.1) is 11.7 Å². The van der Waals surface area contributed by atoms with Gasteiger partial charge in [0, 0.05) is 32.1 Å². The molecule has 0 bridgehead atoms. The predicted molar refractivity (Wildman–Crippen MR) is 89.3 cm³/mol. The molecule has 4 rings (SSSR count). The molecule has 7 heteroatoms. The van der Waals surface area contributed by atoms with Crippen molar-refractivity contribution in [2.75, 3.05) is 13.1 Å². The Hall–Kier alpha value is -1.73. The van der Waals surface area contributed by atoms with Crippen molar-refractivity contribution in [3.05, 3.63) is 28.1 Å². The van der Waals surface area contributed by atoms with E-state index in [0.29, 0.717) is 30.2 Å². The van der Waals surface area contributed by atoms with E-state index in [4.69, 9.17) is 5.73 Å². The number of likely N-dealkylation sites (tertiary alicyclic amines) is 1. The summed E-state index contributed by atoms with van der Waals surface area (Å²) in [5.74, 6) is 1.15. The van der Waals surface area contributed by atoms with Gasteiger partial charge in [-0.2, -0.15) is 0 Å². The number of hydrogen-bond acceptors (Lipinski definition) is 5. The van der Waals surface area contributed by atoms with Gasteiger partial charge in [0.15, 0.2) is 0 Å². The van der Waals surface area contributed by atoms with Gasteiger partial charge >= 0.3 is 0 Å². The van der Waals surface area contributed by atoms with E-state index in [-0.39, 0.29) is 17.5 Å². The van der Waals surface area contributed by atoms with Gasteiger partial charge in [-0.3, -0.25) is 14.2 Å². The number of thiophene rings is 1. The Morgan fingerprint density at radius 1 is 1.39 bits per heavy atom. The third kappa shape index (κ3) is 2.57. The second kappa shape index (κ2) is 5.72. The van der Waals surface area contributed by atoms with E-state index in [1.165, 1.54) is 15.9 Å². The number of aryl methyl sites for hydroxylation is 1. The molecular weight excluding hydrogens is 312 g/mol. The second-order valence-electron chi connectivity index (χ2n) is 6.60. The predicted octanol–water partition coefficient (Wildman–Crippen LogP) is 1.04. The Labute approximate surface area is 137 Å². The van der Waals surface area contributed by atoms with Crippen molar-refractivity contribution < 1.29 is 4.79 Å². The van der Waals surface area contributed by atoms with Crippen LogP contribution in [0.5, 0.6) is 0 Å². The zero-order chi connectivity index (χ0) is 16.0. The lowest BCUT2D eigenvalue weighted by Crippen LogP contribution is -2.34. The summed E-state index contributed by atoms with van der Waals surface area (Å²) >= 11 is 1.45. The van der Waals surface area contributed by atoms with Crippen LogP contribution in [-0.2, 0) is 11.3 Å². The third-order valence-electron chi connectivity index (χ3n) is 5.28. The van der Waals surface area contributed by atoms with Gasteiger partial charge in [0.2, 0.25) is 5.91 Å². The molecule has 3 heterocycles. The van der Waals surface area contributed by atoms with Crippen molar-refractivity contribution in [1.82, 2.24) is 14.5 Å². The van der Waals surface area contributed by atoms with Gasteiger partial charge < -0.3 is 10.6 Å². The molecule has 3 atom stereocenters. The summed E-state index contributed by atoms with van der Waals surface area (Å²) in [5.41, 5.74) is 6.05. The van der Waals surface area contributed by atoms with Crippen LogP contribution in [0.15, 0.2) is 22.6 Å². The Kier molecular flexibility index (Phi) is 3.69. The molecule has 1 saturated heterocycles. The van der Waals surface area contributed by atoms with Crippen LogP contribution in [0.3, 0.4) is 0 Å². The molecule has 3 unspecified atom stereocenters. The Balaban J connectivity index is 1.41. The molecule has 0 spiro atoms. The number of fused-ring (bicyclic) bond motifs is 2. The van der Waals surface area contributed by atoms with Crippen LogP contribution in [0.4, 0.5) is 0 Å². The van der Waals surface area contributed by atoms with Gasteiger partial charge in [0.1, 0.15) is 4.83 Å². The zero-order valence-electron chi connectivity index (χ0n) is 12.9. The molecular formula is C16H20N4O2S. The van der Waals surface area contributed by atoms with Gasteiger partial charge in [0.25, 0.3) is 5.56 Å². The number of hydrogen-bond donors (Lipinski definition) is 1. The standard InChI is InChI=1S/C16H20N4O2S/c17-13-2-1-10-7-20(8-12(10)13)14(21)3-5-19-9-18-15-11(16(19)22)4-6-23-15/h4,6,9-10,12-13H,1-3,5,7-8,17H2. The van der Waals surface area contributed by atoms with E-state index in [1.54, 1.807) is 12.4 Å². The zero-order valence-corrected chi connectivity index (χ0v) is 13.7. The lowest BCUT2D eigenvalue weighted by atomic mass is 9.98. The molecule has 122 valence electrons. The van der Waals surface area contributed by atoms with Crippen molar-refractivity contribution in [2.24, 2.45) is 17.6 Å². The first-order chi connectivity index (χ1) is 11.1. The highest BCUT2D eigenvalue weighted by Gasteiger charge is 2.42. The average Bonchev–Trinajstić information content (AvgIpc) is 3.24. The Morgan fingerprint density at radius 2 is 2.26 bits per heavy atom.